The highest BCUT2D eigenvalue weighted by atomic mass is 32.1. The predicted molar refractivity (Wildman–Crippen MR) is 78.5 cm³/mol. The van der Waals surface area contributed by atoms with Crippen LogP contribution in [0.25, 0.3) is 0 Å². The Balaban J connectivity index is 2.10. The smallest absolute Gasteiger partial charge is 0.183 e. The molecule has 0 amide bonds. The molecule has 0 radical (unpaired) electrons. The lowest BCUT2D eigenvalue weighted by atomic mass is 10.2. The number of thiazole rings is 1. The summed E-state index contributed by atoms with van der Waals surface area (Å²) in [7, 11) is 3.31. The van der Waals surface area contributed by atoms with E-state index in [1.807, 2.05) is 25.1 Å². The predicted octanol–water partition coefficient (Wildman–Crippen LogP) is 3.39. The Bertz CT molecular complexity index is 547. The number of aromatic nitrogens is 1. The zero-order valence-electron chi connectivity index (χ0n) is 11.6. The summed E-state index contributed by atoms with van der Waals surface area (Å²) >= 11 is 1.67. The number of methoxy groups -OCH3 is 2. The van der Waals surface area contributed by atoms with Gasteiger partial charge in [0.15, 0.2) is 5.13 Å². The first kappa shape index (κ1) is 13.7. The van der Waals surface area contributed by atoms with Crippen molar-refractivity contribution in [2.45, 2.75) is 20.4 Å². The maximum absolute atomic E-state index is 5.37. The molecule has 5 heteroatoms. The van der Waals surface area contributed by atoms with Gasteiger partial charge in [0.05, 0.1) is 19.9 Å². The third kappa shape index (κ3) is 3.17. The van der Waals surface area contributed by atoms with Crippen LogP contribution in [0.4, 0.5) is 5.13 Å². The van der Waals surface area contributed by atoms with Crippen molar-refractivity contribution in [3.05, 3.63) is 34.3 Å². The highest BCUT2D eigenvalue weighted by Gasteiger charge is 2.07. The Labute approximate surface area is 117 Å². The average Bonchev–Trinajstić information content (AvgIpc) is 2.75. The fourth-order valence-electron chi connectivity index (χ4n) is 1.72. The molecule has 0 aliphatic carbocycles. The molecule has 0 spiro atoms. The number of benzene rings is 1. The molecule has 0 aliphatic heterocycles. The third-order valence-electron chi connectivity index (χ3n) is 2.95. The Kier molecular flexibility index (Phi) is 4.27. The highest BCUT2D eigenvalue weighted by Crippen LogP contribution is 2.26. The first-order valence-electron chi connectivity index (χ1n) is 6.03. The van der Waals surface area contributed by atoms with Crippen LogP contribution in [0, 0.1) is 13.8 Å². The van der Waals surface area contributed by atoms with Crippen molar-refractivity contribution in [1.29, 1.82) is 0 Å². The summed E-state index contributed by atoms with van der Waals surface area (Å²) in [6.45, 7) is 4.77. The standard InChI is InChI=1S/C14H18N2O2S/c1-9-10(2)19-14(16-9)15-8-11-5-6-12(17-3)7-13(11)18-4/h5-7H,8H2,1-4H3,(H,15,16). The van der Waals surface area contributed by atoms with Crippen molar-refractivity contribution in [1.82, 2.24) is 4.98 Å². The van der Waals surface area contributed by atoms with E-state index in [1.165, 1.54) is 4.88 Å². The van der Waals surface area contributed by atoms with E-state index in [9.17, 15) is 0 Å². The van der Waals surface area contributed by atoms with Crippen molar-refractivity contribution in [3.8, 4) is 11.5 Å². The van der Waals surface area contributed by atoms with E-state index in [2.05, 4.69) is 17.2 Å². The monoisotopic (exact) mass is 278 g/mol. The van der Waals surface area contributed by atoms with Crippen LogP contribution in [0.2, 0.25) is 0 Å². The lowest BCUT2D eigenvalue weighted by Crippen LogP contribution is -2.01. The normalized spacial score (nSPS) is 10.3. The molecule has 0 atom stereocenters. The second-order valence-electron chi connectivity index (χ2n) is 4.19. The zero-order chi connectivity index (χ0) is 13.8. The van der Waals surface area contributed by atoms with Gasteiger partial charge in [-0.05, 0) is 26.0 Å². The molecule has 4 nitrogen and oxygen atoms in total. The van der Waals surface area contributed by atoms with Crippen molar-refractivity contribution in [2.24, 2.45) is 0 Å². The minimum atomic E-state index is 0.680. The average molecular weight is 278 g/mol. The number of hydrogen-bond donors (Lipinski definition) is 1. The van der Waals surface area contributed by atoms with Crippen molar-refractivity contribution in [3.63, 3.8) is 0 Å². The first-order chi connectivity index (χ1) is 9.13. The SMILES string of the molecule is COc1ccc(CNc2nc(C)c(C)s2)c(OC)c1. The zero-order valence-corrected chi connectivity index (χ0v) is 12.4. The van der Waals surface area contributed by atoms with Crippen molar-refractivity contribution >= 4 is 16.5 Å². The van der Waals surface area contributed by atoms with E-state index >= 15 is 0 Å². The van der Waals surface area contributed by atoms with Crippen LogP contribution in [0.15, 0.2) is 18.2 Å². The van der Waals surface area contributed by atoms with Gasteiger partial charge in [0, 0.05) is 23.1 Å². The molecule has 0 bridgehead atoms. The van der Waals surface area contributed by atoms with Gasteiger partial charge in [-0.1, -0.05) is 0 Å². The van der Waals surface area contributed by atoms with Gasteiger partial charge in [-0.25, -0.2) is 4.98 Å². The van der Waals surface area contributed by atoms with Gasteiger partial charge in [0.25, 0.3) is 0 Å². The molecule has 102 valence electrons. The van der Waals surface area contributed by atoms with Crippen LogP contribution in [0.5, 0.6) is 11.5 Å². The van der Waals surface area contributed by atoms with Crippen molar-refractivity contribution < 1.29 is 9.47 Å². The summed E-state index contributed by atoms with van der Waals surface area (Å²) < 4.78 is 10.6. The summed E-state index contributed by atoms with van der Waals surface area (Å²) in [5.74, 6) is 1.61. The fraction of sp³-hybridized carbons (Fsp3) is 0.357. The maximum atomic E-state index is 5.37. The summed E-state index contributed by atoms with van der Waals surface area (Å²) in [5.41, 5.74) is 2.16. The molecule has 0 saturated heterocycles. The molecular weight excluding hydrogens is 260 g/mol. The topological polar surface area (TPSA) is 43.4 Å². The summed E-state index contributed by atoms with van der Waals surface area (Å²) in [6.07, 6.45) is 0. The lowest BCUT2D eigenvalue weighted by molar-refractivity contribution is 0.391. The molecular formula is C14H18N2O2S. The molecule has 0 unspecified atom stereocenters. The number of ether oxygens (including phenoxy) is 2. The van der Waals surface area contributed by atoms with Crippen molar-refractivity contribution in [2.75, 3.05) is 19.5 Å². The molecule has 0 saturated carbocycles. The van der Waals surface area contributed by atoms with Gasteiger partial charge < -0.3 is 14.8 Å². The molecule has 2 rings (SSSR count). The molecule has 1 heterocycles. The van der Waals surface area contributed by atoms with Crippen LogP contribution < -0.4 is 14.8 Å². The second kappa shape index (κ2) is 5.93. The molecule has 1 aromatic heterocycles. The molecule has 19 heavy (non-hydrogen) atoms. The van der Waals surface area contributed by atoms with E-state index in [-0.39, 0.29) is 0 Å². The van der Waals surface area contributed by atoms with Crippen LogP contribution in [0.1, 0.15) is 16.1 Å². The highest BCUT2D eigenvalue weighted by molar-refractivity contribution is 7.15. The minimum absolute atomic E-state index is 0.680. The van der Waals surface area contributed by atoms with E-state index in [4.69, 9.17) is 9.47 Å². The van der Waals surface area contributed by atoms with Gasteiger partial charge in [-0.2, -0.15) is 0 Å². The largest absolute Gasteiger partial charge is 0.497 e. The van der Waals surface area contributed by atoms with Gasteiger partial charge in [0.2, 0.25) is 0 Å². The first-order valence-corrected chi connectivity index (χ1v) is 6.84. The Morgan fingerprint density at radius 2 is 2.00 bits per heavy atom. The summed E-state index contributed by atoms with van der Waals surface area (Å²) in [6, 6.07) is 5.81. The van der Waals surface area contributed by atoms with Crippen LogP contribution >= 0.6 is 11.3 Å². The van der Waals surface area contributed by atoms with Crippen LogP contribution in [0.3, 0.4) is 0 Å². The van der Waals surface area contributed by atoms with Gasteiger partial charge in [-0.15, -0.1) is 11.3 Å². The number of hydrogen-bond acceptors (Lipinski definition) is 5. The number of aryl methyl sites for hydroxylation is 2. The van der Waals surface area contributed by atoms with Gasteiger partial charge in [0.1, 0.15) is 11.5 Å². The summed E-state index contributed by atoms with van der Waals surface area (Å²) in [5, 5.41) is 4.26. The second-order valence-corrected chi connectivity index (χ2v) is 5.40. The fourth-order valence-corrected chi connectivity index (χ4v) is 2.53. The van der Waals surface area contributed by atoms with Crippen LogP contribution in [-0.2, 0) is 6.54 Å². The molecule has 0 fully saturated rings. The number of nitrogens with one attached hydrogen (secondary N) is 1. The number of anilines is 1. The third-order valence-corrected chi connectivity index (χ3v) is 3.98. The molecule has 2 aromatic rings. The quantitative estimate of drug-likeness (QED) is 0.910. The molecule has 1 aromatic carbocycles. The molecule has 1 N–H and O–H groups in total. The molecule has 0 aliphatic rings. The maximum Gasteiger partial charge on any atom is 0.183 e. The van der Waals surface area contributed by atoms with E-state index in [0.717, 1.165) is 27.9 Å². The number of nitrogens with zero attached hydrogens (tertiary/aromatic N) is 1. The minimum Gasteiger partial charge on any atom is -0.497 e. The Hall–Kier alpha value is -1.75. The van der Waals surface area contributed by atoms with Crippen LogP contribution in [-0.4, -0.2) is 19.2 Å². The van der Waals surface area contributed by atoms with Gasteiger partial charge >= 0.3 is 0 Å². The van der Waals surface area contributed by atoms with Gasteiger partial charge in [-0.3, -0.25) is 0 Å². The number of rotatable bonds is 5. The Morgan fingerprint density at radius 3 is 2.58 bits per heavy atom. The van der Waals surface area contributed by atoms with E-state index in [1.54, 1.807) is 25.6 Å². The lowest BCUT2D eigenvalue weighted by Gasteiger charge is -2.10. The van der Waals surface area contributed by atoms with E-state index in [0.29, 0.717) is 6.54 Å². The Morgan fingerprint density at radius 1 is 1.21 bits per heavy atom. The van der Waals surface area contributed by atoms with E-state index < -0.39 is 0 Å². The summed E-state index contributed by atoms with van der Waals surface area (Å²) in [4.78, 5) is 5.70.